The molecule has 2 N–H and O–H groups in total. The van der Waals surface area contributed by atoms with E-state index in [0.29, 0.717) is 11.7 Å². The van der Waals surface area contributed by atoms with Gasteiger partial charge in [-0.3, -0.25) is 5.43 Å². The molecule has 0 aliphatic carbocycles. The molecule has 23 heavy (non-hydrogen) atoms. The molecule has 0 saturated carbocycles. The molecule has 6 heteroatoms. The lowest BCUT2D eigenvalue weighted by atomic mass is 10.2. The van der Waals surface area contributed by atoms with E-state index in [0.717, 1.165) is 22.7 Å². The molecule has 120 valence electrons. The third-order valence-corrected chi connectivity index (χ3v) is 3.09. The van der Waals surface area contributed by atoms with Crippen LogP contribution in [0.3, 0.4) is 0 Å². The number of hydrogen-bond donors (Lipinski definition) is 2. The van der Waals surface area contributed by atoms with Gasteiger partial charge in [-0.2, -0.15) is 5.10 Å². The lowest BCUT2D eigenvalue weighted by Gasteiger charge is -2.08. The number of hydrogen-bond acceptors (Lipinski definition) is 4. The van der Waals surface area contributed by atoms with E-state index in [9.17, 15) is 0 Å². The Hall–Kier alpha value is -2.60. The monoisotopic (exact) mass is 329 g/mol. The number of nitrogens with one attached hydrogen (secondary N) is 2. The van der Waals surface area contributed by atoms with E-state index >= 15 is 0 Å². The Balaban J connectivity index is 1.85. The minimum absolute atomic E-state index is 0.410. The molecular weight excluding hydrogens is 310 g/mol. The quantitative estimate of drug-likeness (QED) is 0.483. The van der Waals surface area contributed by atoms with Crippen LogP contribution in [0.2, 0.25) is 0 Å². The van der Waals surface area contributed by atoms with Crippen molar-refractivity contribution in [2.75, 3.05) is 19.0 Å². The molecule has 0 aliphatic rings. The zero-order chi connectivity index (χ0) is 16.5. The van der Waals surface area contributed by atoms with E-state index in [1.54, 1.807) is 13.3 Å². The molecule has 0 heterocycles. The number of ether oxygens (including phenoxy) is 2. The maximum absolute atomic E-state index is 5.39. The third-order valence-electron chi connectivity index (χ3n) is 2.90. The van der Waals surface area contributed by atoms with Crippen molar-refractivity contribution < 1.29 is 9.47 Å². The number of anilines is 1. The van der Waals surface area contributed by atoms with Crippen molar-refractivity contribution in [1.82, 2.24) is 5.43 Å². The zero-order valence-electron chi connectivity index (χ0n) is 13.1. The van der Waals surface area contributed by atoms with Crippen LogP contribution in [0.5, 0.6) is 11.5 Å². The van der Waals surface area contributed by atoms with Crippen molar-refractivity contribution in [3.8, 4) is 11.5 Å². The van der Waals surface area contributed by atoms with Crippen molar-refractivity contribution in [2.24, 2.45) is 5.10 Å². The predicted octanol–water partition coefficient (Wildman–Crippen LogP) is 3.41. The molecule has 0 aliphatic heterocycles. The van der Waals surface area contributed by atoms with E-state index in [1.165, 1.54) is 0 Å². The minimum Gasteiger partial charge on any atom is -0.497 e. The van der Waals surface area contributed by atoms with Crippen LogP contribution >= 0.6 is 12.2 Å². The highest BCUT2D eigenvalue weighted by molar-refractivity contribution is 7.80. The maximum Gasteiger partial charge on any atom is 0.191 e. The van der Waals surface area contributed by atoms with Crippen LogP contribution in [0.25, 0.3) is 0 Å². The van der Waals surface area contributed by atoms with Gasteiger partial charge in [0, 0.05) is 5.69 Å². The minimum atomic E-state index is 0.410. The molecule has 2 aromatic carbocycles. The molecule has 0 spiro atoms. The standard InChI is InChI=1S/C17H19N3O2S/c1-3-22-15-9-7-14(8-10-15)19-17(23)20-18-12-13-5-4-6-16(11-13)21-2/h4-12H,3H2,1-2H3,(H2,19,20,23)/b18-12-. The molecule has 0 aromatic heterocycles. The molecule has 0 unspecified atom stereocenters. The van der Waals surface area contributed by atoms with Crippen molar-refractivity contribution in [2.45, 2.75) is 6.92 Å². The fourth-order valence-electron chi connectivity index (χ4n) is 1.85. The van der Waals surface area contributed by atoms with E-state index in [-0.39, 0.29) is 0 Å². The summed E-state index contributed by atoms with van der Waals surface area (Å²) in [6.45, 7) is 2.59. The molecule has 0 bridgehead atoms. The Bertz CT molecular complexity index is 672. The SMILES string of the molecule is CCOc1ccc(NC(=S)N/N=C\c2cccc(OC)c2)cc1. The number of nitrogens with zero attached hydrogens (tertiary/aromatic N) is 1. The van der Waals surface area contributed by atoms with Crippen LogP contribution in [0, 0.1) is 0 Å². The highest BCUT2D eigenvalue weighted by atomic mass is 32.1. The van der Waals surface area contributed by atoms with Gasteiger partial charge in [0.2, 0.25) is 0 Å². The van der Waals surface area contributed by atoms with Crippen LogP contribution in [0.4, 0.5) is 5.69 Å². The predicted molar refractivity (Wildman–Crippen MR) is 97.6 cm³/mol. The first kappa shape index (κ1) is 16.8. The largest absolute Gasteiger partial charge is 0.497 e. The van der Waals surface area contributed by atoms with Gasteiger partial charge in [0.25, 0.3) is 0 Å². The molecular formula is C17H19N3O2S. The summed E-state index contributed by atoms with van der Waals surface area (Å²) in [5.74, 6) is 1.61. The Morgan fingerprint density at radius 2 is 1.96 bits per heavy atom. The molecule has 2 rings (SSSR count). The van der Waals surface area contributed by atoms with Crippen LogP contribution in [0.1, 0.15) is 12.5 Å². The Morgan fingerprint density at radius 1 is 1.17 bits per heavy atom. The van der Waals surface area contributed by atoms with Gasteiger partial charge in [-0.15, -0.1) is 0 Å². The lowest BCUT2D eigenvalue weighted by Crippen LogP contribution is -2.23. The summed E-state index contributed by atoms with van der Waals surface area (Å²) in [6.07, 6.45) is 1.68. The summed E-state index contributed by atoms with van der Waals surface area (Å²) in [6, 6.07) is 15.1. The fourth-order valence-corrected chi connectivity index (χ4v) is 2.02. The highest BCUT2D eigenvalue weighted by Gasteiger charge is 1.98. The van der Waals surface area contributed by atoms with Gasteiger partial charge >= 0.3 is 0 Å². The second-order valence-corrected chi connectivity index (χ2v) is 4.97. The fraction of sp³-hybridized carbons (Fsp3) is 0.176. The summed E-state index contributed by atoms with van der Waals surface area (Å²) in [5.41, 5.74) is 4.56. The van der Waals surface area contributed by atoms with Crippen molar-refractivity contribution in [3.05, 3.63) is 54.1 Å². The van der Waals surface area contributed by atoms with Gasteiger partial charge in [-0.1, -0.05) is 12.1 Å². The average molecular weight is 329 g/mol. The maximum atomic E-state index is 5.39. The van der Waals surface area contributed by atoms with Gasteiger partial charge in [-0.25, -0.2) is 0 Å². The second-order valence-electron chi connectivity index (χ2n) is 4.56. The average Bonchev–Trinajstić information content (AvgIpc) is 2.57. The van der Waals surface area contributed by atoms with Crippen LogP contribution < -0.4 is 20.2 Å². The first-order valence-electron chi connectivity index (χ1n) is 7.18. The first-order chi connectivity index (χ1) is 11.2. The topological polar surface area (TPSA) is 54.9 Å². The van der Waals surface area contributed by atoms with Crippen LogP contribution in [-0.2, 0) is 0 Å². The van der Waals surface area contributed by atoms with E-state index in [4.69, 9.17) is 21.7 Å². The second kappa shape index (κ2) is 8.75. The Morgan fingerprint density at radius 3 is 2.65 bits per heavy atom. The summed E-state index contributed by atoms with van der Waals surface area (Å²) < 4.78 is 10.5. The Kier molecular flexibility index (Phi) is 6.38. The highest BCUT2D eigenvalue weighted by Crippen LogP contribution is 2.15. The van der Waals surface area contributed by atoms with E-state index in [2.05, 4.69) is 15.8 Å². The summed E-state index contributed by atoms with van der Waals surface area (Å²) >= 11 is 5.19. The number of methoxy groups -OCH3 is 1. The number of rotatable bonds is 6. The van der Waals surface area contributed by atoms with Crippen molar-refractivity contribution in [3.63, 3.8) is 0 Å². The smallest absolute Gasteiger partial charge is 0.191 e. The van der Waals surface area contributed by atoms with E-state index in [1.807, 2.05) is 55.5 Å². The molecule has 0 fully saturated rings. The number of benzene rings is 2. The summed E-state index contributed by atoms with van der Waals surface area (Å²) in [5, 5.41) is 7.56. The lowest BCUT2D eigenvalue weighted by molar-refractivity contribution is 0.340. The summed E-state index contributed by atoms with van der Waals surface area (Å²) in [7, 11) is 1.63. The zero-order valence-corrected chi connectivity index (χ0v) is 13.9. The molecule has 0 atom stereocenters. The summed E-state index contributed by atoms with van der Waals surface area (Å²) in [4.78, 5) is 0. The number of thiocarbonyl (C=S) groups is 1. The molecule has 2 aromatic rings. The van der Waals surface area contributed by atoms with Gasteiger partial charge in [0.15, 0.2) is 5.11 Å². The van der Waals surface area contributed by atoms with Crippen LogP contribution in [-0.4, -0.2) is 25.0 Å². The van der Waals surface area contributed by atoms with Crippen molar-refractivity contribution >= 4 is 29.2 Å². The molecule has 0 radical (unpaired) electrons. The molecule has 0 saturated heterocycles. The molecule has 5 nitrogen and oxygen atoms in total. The van der Waals surface area contributed by atoms with Gasteiger partial charge in [-0.05, 0) is 61.1 Å². The van der Waals surface area contributed by atoms with Gasteiger partial charge in [0.05, 0.1) is 19.9 Å². The van der Waals surface area contributed by atoms with Crippen molar-refractivity contribution in [1.29, 1.82) is 0 Å². The van der Waals surface area contributed by atoms with Crippen LogP contribution in [0.15, 0.2) is 53.6 Å². The number of hydrazone groups is 1. The Labute approximate surface area is 141 Å². The normalized spacial score (nSPS) is 10.3. The van der Waals surface area contributed by atoms with Gasteiger partial charge in [0.1, 0.15) is 11.5 Å². The molecule has 0 amide bonds. The first-order valence-corrected chi connectivity index (χ1v) is 7.59. The van der Waals surface area contributed by atoms with E-state index < -0.39 is 0 Å². The van der Waals surface area contributed by atoms with Gasteiger partial charge < -0.3 is 14.8 Å². The third kappa shape index (κ3) is 5.60.